The molecule has 1 amide bonds. The minimum atomic E-state index is -0.196. The highest BCUT2D eigenvalue weighted by atomic mass is 16.3. The summed E-state index contributed by atoms with van der Waals surface area (Å²) in [6.07, 6.45) is 0. The zero-order valence-electron chi connectivity index (χ0n) is 15.1. The zero-order chi connectivity index (χ0) is 17.4. The molecule has 0 spiro atoms. The van der Waals surface area contributed by atoms with E-state index in [0.29, 0.717) is 11.6 Å². The molecule has 2 aromatic heterocycles. The standard InChI is InChI=1S/C18H27N3O2/c1-11(2)15-10-14(20-21(15)18(5,6)7)17(22)19-13(4)16-9-8-12(3)23-16/h8-11,13H,1-7H3,(H,19,22). The van der Waals surface area contributed by atoms with Crippen LogP contribution in [-0.4, -0.2) is 15.7 Å². The molecular formula is C18H27N3O2. The lowest BCUT2D eigenvalue weighted by atomic mass is 10.1. The Balaban J connectivity index is 2.23. The minimum Gasteiger partial charge on any atom is -0.464 e. The molecule has 0 bridgehead atoms. The Kier molecular flexibility index (Phi) is 4.68. The zero-order valence-corrected chi connectivity index (χ0v) is 15.1. The van der Waals surface area contributed by atoms with Crippen LogP contribution in [0.5, 0.6) is 0 Å². The minimum absolute atomic E-state index is 0.165. The van der Waals surface area contributed by atoms with Gasteiger partial charge in [0.1, 0.15) is 17.2 Å². The van der Waals surface area contributed by atoms with Gasteiger partial charge in [-0.1, -0.05) is 13.8 Å². The summed E-state index contributed by atoms with van der Waals surface area (Å²) >= 11 is 0. The van der Waals surface area contributed by atoms with Gasteiger partial charge in [0, 0.05) is 5.69 Å². The Morgan fingerprint density at radius 2 is 1.91 bits per heavy atom. The van der Waals surface area contributed by atoms with E-state index in [1.807, 2.05) is 36.7 Å². The average Bonchev–Trinajstić information content (AvgIpc) is 3.03. The van der Waals surface area contributed by atoms with Crippen molar-refractivity contribution >= 4 is 5.91 Å². The number of amides is 1. The summed E-state index contributed by atoms with van der Waals surface area (Å²) in [6.45, 7) is 14.3. The Morgan fingerprint density at radius 1 is 1.26 bits per heavy atom. The molecule has 1 unspecified atom stereocenters. The predicted molar refractivity (Wildman–Crippen MR) is 90.6 cm³/mol. The lowest BCUT2D eigenvalue weighted by molar-refractivity contribution is 0.0928. The van der Waals surface area contributed by atoms with Gasteiger partial charge >= 0.3 is 0 Å². The number of furan rings is 1. The second-order valence-corrected chi connectivity index (χ2v) is 7.34. The molecule has 2 heterocycles. The van der Waals surface area contributed by atoms with Crippen LogP contribution < -0.4 is 5.32 Å². The second-order valence-electron chi connectivity index (χ2n) is 7.34. The van der Waals surface area contributed by atoms with Crippen LogP contribution in [-0.2, 0) is 5.54 Å². The van der Waals surface area contributed by atoms with Crippen molar-refractivity contribution in [3.63, 3.8) is 0 Å². The van der Waals surface area contributed by atoms with E-state index < -0.39 is 0 Å². The molecule has 2 rings (SSSR count). The Hall–Kier alpha value is -2.04. The van der Waals surface area contributed by atoms with E-state index in [4.69, 9.17) is 4.42 Å². The smallest absolute Gasteiger partial charge is 0.272 e. The molecule has 5 nitrogen and oxygen atoms in total. The molecule has 1 N–H and O–H groups in total. The average molecular weight is 317 g/mol. The molecule has 2 aromatic rings. The van der Waals surface area contributed by atoms with E-state index in [9.17, 15) is 4.79 Å². The van der Waals surface area contributed by atoms with Gasteiger partial charge in [-0.15, -0.1) is 0 Å². The molecule has 5 heteroatoms. The summed E-state index contributed by atoms with van der Waals surface area (Å²) in [6, 6.07) is 5.46. The van der Waals surface area contributed by atoms with Gasteiger partial charge < -0.3 is 9.73 Å². The normalized spacial score (nSPS) is 13.4. The van der Waals surface area contributed by atoms with Crippen molar-refractivity contribution in [2.75, 3.05) is 0 Å². The number of hydrogen-bond acceptors (Lipinski definition) is 3. The molecule has 0 aromatic carbocycles. The molecule has 0 radical (unpaired) electrons. The van der Waals surface area contributed by atoms with Crippen molar-refractivity contribution in [3.05, 3.63) is 41.1 Å². The van der Waals surface area contributed by atoms with Gasteiger partial charge in [-0.05, 0) is 58.7 Å². The van der Waals surface area contributed by atoms with Crippen molar-refractivity contribution in [3.8, 4) is 0 Å². The van der Waals surface area contributed by atoms with Crippen molar-refractivity contribution in [1.82, 2.24) is 15.1 Å². The van der Waals surface area contributed by atoms with Crippen LogP contribution in [0.1, 0.15) is 81.2 Å². The number of hydrogen-bond donors (Lipinski definition) is 1. The highest BCUT2D eigenvalue weighted by molar-refractivity contribution is 5.92. The maximum absolute atomic E-state index is 12.5. The van der Waals surface area contributed by atoms with Crippen LogP contribution in [0, 0.1) is 6.92 Å². The lowest BCUT2D eigenvalue weighted by Gasteiger charge is -2.23. The lowest BCUT2D eigenvalue weighted by Crippen LogP contribution is -2.29. The first-order valence-electron chi connectivity index (χ1n) is 8.07. The Morgan fingerprint density at radius 3 is 2.35 bits per heavy atom. The summed E-state index contributed by atoms with van der Waals surface area (Å²) < 4.78 is 7.50. The Labute approximate surface area is 138 Å². The first-order valence-corrected chi connectivity index (χ1v) is 8.07. The third kappa shape index (κ3) is 3.84. The first kappa shape index (κ1) is 17.3. The molecule has 23 heavy (non-hydrogen) atoms. The van der Waals surface area contributed by atoms with E-state index in [-0.39, 0.29) is 17.5 Å². The van der Waals surface area contributed by atoms with Crippen molar-refractivity contribution in [2.45, 2.75) is 66.0 Å². The maximum atomic E-state index is 12.5. The van der Waals surface area contributed by atoms with Crippen LogP contribution in [0.4, 0.5) is 0 Å². The van der Waals surface area contributed by atoms with E-state index >= 15 is 0 Å². The van der Waals surface area contributed by atoms with Gasteiger partial charge in [0.15, 0.2) is 0 Å². The van der Waals surface area contributed by atoms with Crippen molar-refractivity contribution in [2.24, 2.45) is 0 Å². The fraction of sp³-hybridized carbons (Fsp3) is 0.556. The number of aromatic nitrogens is 2. The summed E-state index contributed by atoms with van der Waals surface area (Å²) in [5.41, 5.74) is 1.34. The Bertz CT molecular complexity index is 689. The highest BCUT2D eigenvalue weighted by Gasteiger charge is 2.24. The molecule has 0 saturated heterocycles. The molecule has 126 valence electrons. The third-order valence-corrected chi connectivity index (χ3v) is 3.73. The van der Waals surface area contributed by atoms with Gasteiger partial charge in [-0.25, -0.2) is 0 Å². The monoisotopic (exact) mass is 317 g/mol. The largest absolute Gasteiger partial charge is 0.464 e. The molecule has 0 fully saturated rings. The second kappa shape index (κ2) is 6.22. The van der Waals surface area contributed by atoms with Crippen LogP contribution in [0.25, 0.3) is 0 Å². The summed E-state index contributed by atoms with van der Waals surface area (Å²) in [4.78, 5) is 12.5. The fourth-order valence-electron chi connectivity index (χ4n) is 2.48. The molecule has 0 saturated carbocycles. The fourth-order valence-corrected chi connectivity index (χ4v) is 2.48. The van der Waals surface area contributed by atoms with Gasteiger partial charge in [-0.2, -0.15) is 5.10 Å². The van der Waals surface area contributed by atoms with E-state index in [1.54, 1.807) is 0 Å². The van der Waals surface area contributed by atoms with Crippen LogP contribution in [0.3, 0.4) is 0 Å². The van der Waals surface area contributed by atoms with E-state index in [1.165, 1.54) is 0 Å². The van der Waals surface area contributed by atoms with Gasteiger partial charge in [0.25, 0.3) is 5.91 Å². The first-order chi connectivity index (χ1) is 10.6. The number of rotatable bonds is 4. The van der Waals surface area contributed by atoms with Crippen molar-refractivity contribution in [1.29, 1.82) is 0 Å². The predicted octanol–water partition coefficient (Wildman–Crippen LogP) is 4.15. The number of carbonyl (C=O) groups excluding carboxylic acids is 1. The van der Waals surface area contributed by atoms with E-state index in [0.717, 1.165) is 17.2 Å². The van der Waals surface area contributed by atoms with Gasteiger partial charge in [0.2, 0.25) is 0 Å². The molecule has 0 aliphatic heterocycles. The van der Waals surface area contributed by atoms with E-state index in [2.05, 4.69) is 45.0 Å². The highest BCUT2D eigenvalue weighted by Crippen LogP contribution is 2.24. The summed E-state index contributed by atoms with van der Waals surface area (Å²) in [7, 11) is 0. The quantitative estimate of drug-likeness (QED) is 0.921. The molecule has 0 aliphatic rings. The SMILES string of the molecule is Cc1ccc(C(C)NC(=O)c2cc(C(C)C)n(C(C)(C)C)n2)o1. The number of nitrogens with one attached hydrogen (secondary N) is 1. The van der Waals surface area contributed by atoms with Crippen LogP contribution in [0.15, 0.2) is 22.6 Å². The third-order valence-electron chi connectivity index (χ3n) is 3.73. The maximum Gasteiger partial charge on any atom is 0.272 e. The number of aryl methyl sites for hydroxylation is 1. The van der Waals surface area contributed by atoms with Gasteiger partial charge in [0.05, 0.1) is 11.6 Å². The number of carbonyl (C=O) groups is 1. The van der Waals surface area contributed by atoms with Crippen LogP contribution in [0.2, 0.25) is 0 Å². The van der Waals surface area contributed by atoms with Gasteiger partial charge in [-0.3, -0.25) is 9.48 Å². The van der Waals surface area contributed by atoms with Crippen molar-refractivity contribution < 1.29 is 9.21 Å². The molecule has 0 aliphatic carbocycles. The summed E-state index contributed by atoms with van der Waals surface area (Å²) in [5.74, 6) is 1.69. The topological polar surface area (TPSA) is 60.1 Å². The summed E-state index contributed by atoms with van der Waals surface area (Å²) in [5, 5.41) is 7.48. The van der Waals surface area contributed by atoms with Crippen LogP contribution >= 0.6 is 0 Å². The molecular weight excluding hydrogens is 290 g/mol. The molecule has 1 atom stereocenters. The number of nitrogens with zero attached hydrogens (tertiary/aromatic N) is 2.